The zero-order chi connectivity index (χ0) is 23.4. The molecule has 1 heterocycles. The van der Waals surface area contributed by atoms with Crippen molar-refractivity contribution in [1.29, 1.82) is 5.26 Å². The van der Waals surface area contributed by atoms with Gasteiger partial charge in [-0.25, -0.2) is 4.79 Å². The second-order valence-corrected chi connectivity index (χ2v) is 9.35. The number of alkyl halides is 3. The van der Waals surface area contributed by atoms with Gasteiger partial charge in [-0.3, -0.25) is 9.11 Å². The molecule has 2 N–H and O–H groups in total. The van der Waals surface area contributed by atoms with Crippen molar-refractivity contribution in [3.05, 3.63) is 53.6 Å². The van der Waals surface area contributed by atoms with E-state index in [0.717, 1.165) is 6.07 Å². The monoisotopic (exact) mass is 466 g/mol. The Morgan fingerprint density at radius 1 is 1.12 bits per heavy atom. The molecule has 1 atom stereocenters. The third kappa shape index (κ3) is 5.59. The molecule has 7 nitrogen and oxygen atoms in total. The van der Waals surface area contributed by atoms with E-state index in [1.54, 1.807) is 0 Å². The van der Waals surface area contributed by atoms with Gasteiger partial charge in [0.05, 0.1) is 34.4 Å². The number of urea groups is 1. The van der Waals surface area contributed by atoms with E-state index < -0.39 is 26.0 Å². The van der Waals surface area contributed by atoms with Crippen LogP contribution in [0.25, 0.3) is 0 Å². The summed E-state index contributed by atoms with van der Waals surface area (Å²) in [6, 6.07) is 11.2. The normalized spacial score (nSPS) is 16.6. The molecule has 170 valence electrons. The third-order valence-corrected chi connectivity index (χ3v) is 6.66. The molecule has 0 aliphatic carbocycles. The molecule has 3 rings (SSSR count). The highest BCUT2D eigenvalue weighted by molar-refractivity contribution is 8.01. The van der Waals surface area contributed by atoms with E-state index >= 15 is 0 Å². The molecule has 2 aromatic carbocycles. The maximum atomic E-state index is 13.5. The first-order valence-electron chi connectivity index (χ1n) is 9.55. The van der Waals surface area contributed by atoms with E-state index in [9.17, 15) is 22.2 Å². The van der Waals surface area contributed by atoms with Gasteiger partial charge < -0.3 is 15.4 Å². The summed E-state index contributed by atoms with van der Waals surface area (Å²) in [6.07, 6.45) is 0. The van der Waals surface area contributed by atoms with Gasteiger partial charge >= 0.3 is 11.5 Å². The lowest BCUT2D eigenvalue weighted by Crippen LogP contribution is -2.36. The Morgan fingerprint density at radius 3 is 2.31 bits per heavy atom. The minimum absolute atomic E-state index is 0.0393. The zero-order valence-electron chi connectivity index (χ0n) is 16.9. The summed E-state index contributed by atoms with van der Waals surface area (Å²) in [5.74, 6) is 2.97. The molecular formula is C21H21F3N4O3S. The Bertz CT molecular complexity index is 1120. The van der Waals surface area contributed by atoms with Gasteiger partial charge in [0.25, 0.3) is 0 Å². The Labute approximate surface area is 183 Å². The number of benzene rings is 2. The van der Waals surface area contributed by atoms with E-state index in [1.165, 1.54) is 36.4 Å². The number of hydrogen-bond acceptors (Lipinski definition) is 5. The van der Waals surface area contributed by atoms with Crippen LogP contribution >= 0.6 is 0 Å². The smallest absolute Gasteiger partial charge is 0.379 e. The van der Waals surface area contributed by atoms with Crippen LogP contribution in [0.15, 0.2) is 47.4 Å². The van der Waals surface area contributed by atoms with E-state index in [-0.39, 0.29) is 17.8 Å². The van der Waals surface area contributed by atoms with E-state index in [1.807, 2.05) is 11.0 Å². The summed E-state index contributed by atoms with van der Waals surface area (Å²) < 4.78 is 58.5. The number of ether oxygens (including phenoxy) is 1. The van der Waals surface area contributed by atoms with Gasteiger partial charge in [-0.15, -0.1) is 0 Å². The van der Waals surface area contributed by atoms with Gasteiger partial charge in [0, 0.05) is 35.9 Å². The first-order chi connectivity index (χ1) is 15.1. The van der Waals surface area contributed by atoms with Crippen LogP contribution in [-0.4, -0.2) is 52.8 Å². The van der Waals surface area contributed by atoms with Crippen molar-refractivity contribution in [3.8, 4) is 6.07 Å². The molecule has 0 aromatic heterocycles. The molecule has 32 heavy (non-hydrogen) atoms. The first-order valence-corrected chi connectivity index (χ1v) is 11.3. The van der Waals surface area contributed by atoms with Gasteiger partial charge in [-0.1, -0.05) is 6.07 Å². The molecule has 2 aromatic rings. The van der Waals surface area contributed by atoms with Crippen LogP contribution in [0.2, 0.25) is 0 Å². The average molecular weight is 466 g/mol. The standard InChI is InChI=1S/C21H21F3N4O3S/c1-32(30,21(22,23)24)19-12-18(7-4-16(19)14-28-8-10-31-11-9-28)27-20(29)26-17-5-2-15(13-25)3-6-17/h2-7,12H,1,8-11,14H2,(H2,26,27,29). The third-order valence-electron chi connectivity index (χ3n) is 4.82. The predicted octanol–water partition coefficient (Wildman–Crippen LogP) is 3.63. The van der Waals surface area contributed by atoms with E-state index in [0.29, 0.717) is 37.6 Å². The fourth-order valence-electron chi connectivity index (χ4n) is 3.12. The zero-order valence-corrected chi connectivity index (χ0v) is 17.8. The number of nitriles is 1. The summed E-state index contributed by atoms with van der Waals surface area (Å²) in [5, 5.41) is 13.8. The number of amides is 2. The molecular weight excluding hydrogens is 445 g/mol. The highest BCUT2D eigenvalue weighted by Gasteiger charge is 2.42. The lowest BCUT2D eigenvalue weighted by molar-refractivity contribution is -0.0393. The number of hydrogen-bond donors (Lipinski definition) is 2. The molecule has 0 spiro atoms. The topological polar surface area (TPSA) is 94.5 Å². The van der Waals surface area contributed by atoms with Gasteiger partial charge in [0.1, 0.15) is 0 Å². The van der Waals surface area contributed by atoms with Gasteiger partial charge in [0.15, 0.2) is 0 Å². The second-order valence-electron chi connectivity index (χ2n) is 7.10. The van der Waals surface area contributed by atoms with Crippen molar-refractivity contribution >= 4 is 32.8 Å². The van der Waals surface area contributed by atoms with Crippen molar-refractivity contribution in [2.75, 3.05) is 36.9 Å². The largest absolute Gasteiger partial charge is 0.467 e. The Hall–Kier alpha value is -3.07. The first kappa shape index (κ1) is 23.6. The maximum absolute atomic E-state index is 13.5. The van der Waals surface area contributed by atoms with Crippen LogP contribution < -0.4 is 10.6 Å². The number of morpholine rings is 1. The molecule has 0 saturated carbocycles. The number of nitrogens with one attached hydrogen (secondary N) is 2. The molecule has 2 amide bonds. The number of nitrogens with zero attached hydrogens (tertiary/aromatic N) is 2. The number of carbonyl (C=O) groups excluding carboxylic acids is 1. The molecule has 1 aliphatic rings. The highest BCUT2D eigenvalue weighted by atomic mass is 32.2. The summed E-state index contributed by atoms with van der Waals surface area (Å²) in [5.41, 5.74) is -3.98. The van der Waals surface area contributed by atoms with Crippen molar-refractivity contribution < 1.29 is 26.9 Å². The summed E-state index contributed by atoms with van der Waals surface area (Å²) >= 11 is 0. The molecule has 0 bridgehead atoms. The van der Waals surface area contributed by atoms with Crippen molar-refractivity contribution in [3.63, 3.8) is 0 Å². The van der Waals surface area contributed by atoms with Crippen LogP contribution in [-0.2, 0) is 20.8 Å². The fraction of sp³-hybridized carbons (Fsp3) is 0.286. The fourth-order valence-corrected chi connectivity index (χ4v) is 4.24. The number of halogens is 3. The number of anilines is 2. The van der Waals surface area contributed by atoms with Crippen LogP contribution in [0.1, 0.15) is 11.1 Å². The van der Waals surface area contributed by atoms with Crippen LogP contribution in [0, 0.1) is 11.3 Å². The molecule has 11 heteroatoms. The van der Waals surface area contributed by atoms with E-state index in [4.69, 9.17) is 10.00 Å². The molecule has 1 saturated heterocycles. The Balaban J connectivity index is 1.84. The van der Waals surface area contributed by atoms with Crippen molar-refractivity contribution in [2.45, 2.75) is 16.9 Å². The number of carbonyl (C=O) groups is 1. The summed E-state index contributed by atoms with van der Waals surface area (Å²) in [7, 11) is -4.64. The quantitative estimate of drug-likeness (QED) is 0.657. The lowest BCUT2D eigenvalue weighted by atomic mass is 10.2. The van der Waals surface area contributed by atoms with Crippen molar-refractivity contribution in [1.82, 2.24) is 4.90 Å². The van der Waals surface area contributed by atoms with Crippen molar-refractivity contribution in [2.24, 2.45) is 0 Å². The predicted molar refractivity (Wildman–Crippen MR) is 116 cm³/mol. The van der Waals surface area contributed by atoms with Crippen LogP contribution in [0.3, 0.4) is 0 Å². The SMILES string of the molecule is C=S(=O)(c1cc(NC(=O)Nc2ccc(C#N)cc2)ccc1CN1CCOCC1)C(F)(F)F. The van der Waals surface area contributed by atoms with Gasteiger partial charge in [-0.05, 0) is 47.8 Å². The molecule has 1 unspecified atom stereocenters. The average Bonchev–Trinajstić information content (AvgIpc) is 2.75. The van der Waals surface area contributed by atoms with Gasteiger partial charge in [-0.2, -0.15) is 18.4 Å². The molecule has 0 radical (unpaired) electrons. The van der Waals surface area contributed by atoms with Crippen LogP contribution in [0.5, 0.6) is 0 Å². The van der Waals surface area contributed by atoms with Crippen LogP contribution in [0.4, 0.5) is 29.3 Å². The Morgan fingerprint density at radius 2 is 1.72 bits per heavy atom. The highest BCUT2D eigenvalue weighted by Crippen LogP contribution is 2.34. The number of rotatable bonds is 5. The minimum atomic E-state index is -5.05. The van der Waals surface area contributed by atoms with Gasteiger partial charge in [0.2, 0.25) is 0 Å². The maximum Gasteiger partial charge on any atom is 0.467 e. The summed E-state index contributed by atoms with van der Waals surface area (Å²) in [6.45, 7) is 2.15. The Kier molecular flexibility index (Phi) is 7.08. The molecule has 1 fully saturated rings. The minimum Gasteiger partial charge on any atom is -0.379 e. The van der Waals surface area contributed by atoms with E-state index in [2.05, 4.69) is 16.5 Å². The molecule has 1 aliphatic heterocycles. The second kappa shape index (κ2) is 9.60. The lowest BCUT2D eigenvalue weighted by Gasteiger charge is -2.28. The summed E-state index contributed by atoms with van der Waals surface area (Å²) in [4.78, 5) is 13.7.